The third-order valence-corrected chi connectivity index (χ3v) is 4.24. The van der Waals surface area contributed by atoms with Crippen LogP contribution in [0.1, 0.15) is 34.6 Å². The fraction of sp³-hybridized carbons (Fsp3) is 0.800. The van der Waals surface area contributed by atoms with Crippen molar-refractivity contribution in [2.45, 2.75) is 40.7 Å². The number of ether oxygens (including phenoxy) is 1. The lowest BCUT2D eigenvalue weighted by Crippen LogP contribution is -2.45. The minimum Gasteiger partial charge on any atom is -0.375 e. The van der Waals surface area contributed by atoms with Gasteiger partial charge in [-0.2, -0.15) is 0 Å². The lowest BCUT2D eigenvalue weighted by molar-refractivity contribution is -0.140. The minimum absolute atomic E-state index is 0.121. The Bertz CT molecular complexity index is 369. The van der Waals surface area contributed by atoms with Crippen molar-refractivity contribution in [2.75, 3.05) is 19.7 Å². The van der Waals surface area contributed by atoms with E-state index in [1.807, 2.05) is 11.8 Å². The number of rotatable bonds is 2. The lowest BCUT2D eigenvalue weighted by atomic mass is 10.1. The van der Waals surface area contributed by atoms with Gasteiger partial charge in [-0.15, -0.1) is 0 Å². The zero-order chi connectivity index (χ0) is 13.5. The van der Waals surface area contributed by atoms with Crippen LogP contribution in [0.5, 0.6) is 0 Å². The van der Waals surface area contributed by atoms with Gasteiger partial charge in [0, 0.05) is 13.1 Å². The highest BCUT2D eigenvalue weighted by atomic mass is 16.5. The van der Waals surface area contributed by atoms with Crippen LogP contribution >= 0.6 is 0 Å². The molecule has 0 aromatic rings. The molecule has 1 aliphatic heterocycles. The number of hydrogen-bond donors (Lipinski definition) is 0. The molecule has 0 aromatic carbocycles. The van der Waals surface area contributed by atoms with Gasteiger partial charge in [-0.3, -0.25) is 4.79 Å². The summed E-state index contributed by atoms with van der Waals surface area (Å²) in [6.07, 6.45) is 2.43. The summed E-state index contributed by atoms with van der Waals surface area (Å²) in [7, 11) is 0. The summed E-state index contributed by atoms with van der Waals surface area (Å²) in [5, 5.41) is 0. The highest BCUT2D eigenvalue weighted by Gasteiger charge is 2.61. The van der Waals surface area contributed by atoms with E-state index in [2.05, 4.69) is 33.8 Å². The third kappa shape index (κ3) is 2.46. The van der Waals surface area contributed by atoms with Crippen LogP contribution in [-0.4, -0.2) is 36.6 Å². The topological polar surface area (TPSA) is 29.5 Å². The van der Waals surface area contributed by atoms with Gasteiger partial charge in [-0.25, -0.2) is 0 Å². The standard InChI is InChI=1S/C15H25NO2/c1-10(2)8-12-13(15(12,4)5)14(17)16-6-7-18-11(3)9-16/h8,11-13H,6-7,9H2,1-5H3. The van der Waals surface area contributed by atoms with Crippen molar-refractivity contribution in [1.82, 2.24) is 4.90 Å². The van der Waals surface area contributed by atoms with E-state index in [-0.39, 0.29) is 17.4 Å². The molecule has 18 heavy (non-hydrogen) atoms. The first-order valence-electron chi connectivity index (χ1n) is 6.89. The number of carbonyl (C=O) groups is 1. The average molecular weight is 251 g/mol. The molecule has 3 nitrogen and oxygen atoms in total. The molecule has 3 atom stereocenters. The van der Waals surface area contributed by atoms with Crippen LogP contribution in [0.15, 0.2) is 11.6 Å². The SMILES string of the molecule is CC(C)=CC1C(C(=O)N2CCOC(C)C2)C1(C)C. The van der Waals surface area contributed by atoms with Crippen LogP contribution < -0.4 is 0 Å². The van der Waals surface area contributed by atoms with E-state index in [1.165, 1.54) is 5.57 Å². The quantitative estimate of drug-likeness (QED) is 0.706. The van der Waals surface area contributed by atoms with Gasteiger partial charge in [0.05, 0.1) is 18.6 Å². The smallest absolute Gasteiger partial charge is 0.227 e. The lowest BCUT2D eigenvalue weighted by Gasteiger charge is -2.31. The van der Waals surface area contributed by atoms with Crippen molar-refractivity contribution >= 4 is 5.91 Å². The van der Waals surface area contributed by atoms with Crippen LogP contribution in [0.25, 0.3) is 0 Å². The van der Waals surface area contributed by atoms with E-state index in [1.54, 1.807) is 0 Å². The summed E-state index contributed by atoms with van der Waals surface area (Å²) in [4.78, 5) is 14.5. The average Bonchev–Trinajstić information content (AvgIpc) is 2.78. The Kier molecular flexibility index (Phi) is 3.54. The monoisotopic (exact) mass is 251 g/mol. The van der Waals surface area contributed by atoms with E-state index in [9.17, 15) is 4.79 Å². The Morgan fingerprint density at radius 1 is 1.39 bits per heavy atom. The summed E-state index contributed by atoms with van der Waals surface area (Å²) in [6, 6.07) is 0. The van der Waals surface area contributed by atoms with Crippen LogP contribution in [0.2, 0.25) is 0 Å². The number of allylic oxidation sites excluding steroid dienone is 2. The second-order valence-electron chi connectivity index (χ2n) is 6.53. The maximum absolute atomic E-state index is 12.6. The fourth-order valence-electron chi connectivity index (χ4n) is 3.03. The fourth-order valence-corrected chi connectivity index (χ4v) is 3.03. The molecule has 3 unspecified atom stereocenters. The number of carbonyl (C=O) groups excluding carboxylic acids is 1. The minimum atomic E-state index is 0.121. The Morgan fingerprint density at radius 3 is 2.61 bits per heavy atom. The second-order valence-corrected chi connectivity index (χ2v) is 6.53. The summed E-state index contributed by atoms with van der Waals surface area (Å²) >= 11 is 0. The Labute approximate surface area is 110 Å². The number of hydrogen-bond acceptors (Lipinski definition) is 2. The highest BCUT2D eigenvalue weighted by Crippen LogP contribution is 2.60. The van der Waals surface area contributed by atoms with Crippen molar-refractivity contribution in [1.29, 1.82) is 0 Å². The molecule has 1 saturated carbocycles. The van der Waals surface area contributed by atoms with Gasteiger partial charge in [0.25, 0.3) is 0 Å². The van der Waals surface area contributed by atoms with Crippen LogP contribution in [-0.2, 0) is 9.53 Å². The normalized spacial score (nSPS) is 34.1. The first-order valence-corrected chi connectivity index (χ1v) is 6.89. The van der Waals surface area contributed by atoms with Gasteiger partial charge in [-0.1, -0.05) is 25.5 Å². The predicted molar refractivity (Wildman–Crippen MR) is 72.2 cm³/mol. The maximum Gasteiger partial charge on any atom is 0.227 e. The van der Waals surface area contributed by atoms with E-state index in [4.69, 9.17) is 4.74 Å². The van der Waals surface area contributed by atoms with Crippen molar-refractivity contribution in [3.05, 3.63) is 11.6 Å². The molecule has 3 heteroatoms. The summed E-state index contributed by atoms with van der Waals surface area (Å²) < 4.78 is 5.50. The molecule has 0 N–H and O–H groups in total. The maximum atomic E-state index is 12.6. The van der Waals surface area contributed by atoms with Crippen LogP contribution in [0.3, 0.4) is 0 Å². The number of nitrogens with zero attached hydrogens (tertiary/aromatic N) is 1. The summed E-state index contributed by atoms with van der Waals surface area (Å²) in [5.41, 5.74) is 1.43. The van der Waals surface area contributed by atoms with Gasteiger partial charge in [0.2, 0.25) is 5.91 Å². The van der Waals surface area contributed by atoms with Crippen LogP contribution in [0, 0.1) is 17.3 Å². The first kappa shape index (κ1) is 13.6. The van der Waals surface area contributed by atoms with Gasteiger partial charge < -0.3 is 9.64 Å². The molecule has 0 radical (unpaired) electrons. The van der Waals surface area contributed by atoms with Crippen molar-refractivity contribution in [3.8, 4) is 0 Å². The molecule has 102 valence electrons. The Balaban J connectivity index is 2.04. The van der Waals surface area contributed by atoms with E-state index in [0.29, 0.717) is 18.4 Å². The van der Waals surface area contributed by atoms with Gasteiger partial charge in [0.15, 0.2) is 0 Å². The molecule has 0 aromatic heterocycles. The second kappa shape index (κ2) is 4.69. The number of amides is 1. The number of morpholine rings is 1. The molecular weight excluding hydrogens is 226 g/mol. The van der Waals surface area contributed by atoms with E-state index < -0.39 is 0 Å². The van der Waals surface area contributed by atoms with Gasteiger partial charge in [0.1, 0.15) is 0 Å². The Morgan fingerprint density at radius 2 is 2.06 bits per heavy atom. The van der Waals surface area contributed by atoms with Crippen molar-refractivity contribution in [3.63, 3.8) is 0 Å². The summed E-state index contributed by atoms with van der Waals surface area (Å²) in [5.74, 6) is 0.892. The van der Waals surface area contributed by atoms with E-state index >= 15 is 0 Å². The largest absolute Gasteiger partial charge is 0.375 e. The third-order valence-electron chi connectivity index (χ3n) is 4.24. The molecule has 2 aliphatic rings. The molecule has 1 amide bonds. The van der Waals surface area contributed by atoms with Crippen molar-refractivity contribution in [2.24, 2.45) is 17.3 Å². The van der Waals surface area contributed by atoms with Gasteiger partial charge in [-0.05, 0) is 32.1 Å². The predicted octanol–water partition coefficient (Wildman–Crippen LogP) is 2.47. The zero-order valence-corrected chi connectivity index (χ0v) is 12.2. The zero-order valence-electron chi connectivity index (χ0n) is 12.2. The molecule has 0 bridgehead atoms. The molecule has 2 rings (SSSR count). The first-order chi connectivity index (χ1) is 8.34. The molecule has 0 spiro atoms. The summed E-state index contributed by atoms with van der Waals surface area (Å²) in [6.45, 7) is 12.8. The molecule has 2 fully saturated rings. The molecular formula is C15H25NO2. The molecule has 1 aliphatic carbocycles. The van der Waals surface area contributed by atoms with E-state index in [0.717, 1.165) is 13.1 Å². The molecule has 1 heterocycles. The Hall–Kier alpha value is -0.830. The van der Waals surface area contributed by atoms with Gasteiger partial charge >= 0.3 is 0 Å². The molecule has 1 saturated heterocycles. The van der Waals surface area contributed by atoms with Crippen LogP contribution in [0.4, 0.5) is 0 Å². The van der Waals surface area contributed by atoms with Crippen molar-refractivity contribution < 1.29 is 9.53 Å². The highest BCUT2D eigenvalue weighted by molar-refractivity contribution is 5.84.